The fourth-order valence-electron chi connectivity index (χ4n) is 4.94. The fourth-order valence-corrected chi connectivity index (χ4v) is 4.94. The maximum atomic E-state index is 12.5. The van der Waals surface area contributed by atoms with Crippen molar-refractivity contribution in [2.45, 2.75) is 78.3 Å². The second-order valence-corrected chi connectivity index (χ2v) is 9.31. The number of esters is 3. The van der Waals surface area contributed by atoms with E-state index in [1.165, 1.54) is 0 Å². The second kappa shape index (κ2) is 8.26. The van der Waals surface area contributed by atoms with Crippen LogP contribution in [0, 0.1) is 17.3 Å². The molecule has 170 valence electrons. The maximum Gasteiger partial charge on any atom is 0.334 e. The first-order chi connectivity index (χ1) is 14.4. The molecule has 3 aliphatic rings. The lowest BCUT2D eigenvalue weighted by Gasteiger charge is -2.52. The van der Waals surface area contributed by atoms with Gasteiger partial charge >= 0.3 is 17.9 Å². The van der Waals surface area contributed by atoms with Gasteiger partial charge in [-0.05, 0) is 37.8 Å². The minimum absolute atomic E-state index is 0.217. The van der Waals surface area contributed by atoms with Crippen LogP contribution in [0.5, 0.6) is 0 Å². The number of rotatable bonds is 5. The molecule has 0 unspecified atom stereocenters. The van der Waals surface area contributed by atoms with Gasteiger partial charge in [0.15, 0.2) is 0 Å². The predicted octanol–water partition coefficient (Wildman–Crippen LogP) is 3.02. The van der Waals surface area contributed by atoms with E-state index >= 15 is 0 Å². The number of carbonyl (C=O) groups is 3. The summed E-state index contributed by atoms with van der Waals surface area (Å²) in [5, 5.41) is 11.1. The third kappa shape index (κ3) is 3.84. The first-order valence-electron chi connectivity index (χ1n) is 10.8. The van der Waals surface area contributed by atoms with Crippen LogP contribution in [-0.4, -0.2) is 47.4 Å². The van der Waals surface area contributed by atoms with Crippen molar-refractivity contribution in [3.63, 3.8) is 0 Å². The van der Waals surface area contributed by atoms with Gasteiger partial charge in [0.25, 0.3) is 0 Å². The molecule has 0 bridgehead atoms. The quantitative estimate of drug-likeness (QED) is 0.309. The van der Waals surface area contributed by atoms with Crippen LogP contribution < -0.4 is 0 Å². The molecule has 0 radical (unpaired) electrons. The van der Waals surface area contributed by atoms with Gasteiger partial charge in [-0.3, -0.25) is 4.79 Å². The molecule has 1 saturated carbocycles. The van der Waals surface area contributed by atoms with E-state index in [0.29, 0.717) is 18.4 Å². The smallest absolute Gasteiger partial charge is 0.334 e. The largest absolute Gasteiger partial charge is 0.458 e. The number of aliphatic hydroxyl groups is 1. The average molecular weight is 433 g/mol. The zero-order valence-corrected chi connectivity index (χ0v) is 18.9. The Kier molecular flexibility index (Phi) is 6.20. The Morgan fingerprint density at radius 2 is 2.00 bits per heavy atom. The number of aliphatic hydroxyl groups excluding tert-OH is 1. The Bertz CT molecular complexity index is 869. The molecule has 3 rings (SSSR count). The Labute approximate surface area is 183 Å². The van der Waals surface area contributed by atoms with Crippen molar-refractivity contribution in [2.75, 3.05) is 0 Å². The summed E-state index contributed by atoms with van der Waals surface area (Å²) in [6.07, 6.45) is -1.72. The van der Waals surface area contributed by atoms with Gasteiger partial charge in [0.05, 0.1) is 17.9 Å². The highest BCUT2D eigenvalue weighted by atomic mass is 16.6. The minimum atomic E-state index is -0.875. The number of hydrogen-bond donors (Lipinski definition) is 1. The third-order valence-electron chi connectivity index (χ3n) is 7.11. The van der Waals surface area contributed by atoms with Gasteiger partial charge in [-0.1, -0.05) is 33.9 Å². The van der Waals surface area contributed by atoms with E-state index < -0.39 is 47.7 Å². The first kappa shape index (κ1) is 23.3. The van der Waals surface area contributed by atoms with Gasteiger partial charge in [0, 0.05) is 23.0 Å². The molecule has 1 saturated heterocycles. The molecule has 1 aliphatic heterocycles. The second-order valence-electron chi connectivity index (χ2n) is 9.31. The van der Waals surface area contributed by atoms with E-state index in [9.17, 15) is 19.5 Å². The number of hydrogen-bond acceptors (Lipinski definition) is 7. The van der Waals surface area contributed by atoms with Crippen LogP contribution in [0.25, 0.3) is 0 Å². The van der Waals surface area contributed by atoms with Crippen molar-refractivity contribution in [1.82, 2.24) is 0 Å². The van der Waals surface area contributed by atoms with Gasteiger partial charge < -0.3 is 19.3 Å². The molecular formula is C24H32O7. The summed E-state index contributed by atoms with van der Waals surface area (Å²) in [5.74, 6) is -2.30. The van der Waals surface area contributed by atoms with E-state index in [1.54, 1.807) is 13.8 Å². The molecule has 7 atom stereocenters. The minimum Gasteiger partial charge on any atom is -0.458 e. The number of ether oxygens (including phenoxy) is 3. The van der Waals surface area contributed by atoms with Crippen LogP contribution in [0.3, 0.4) is 0 Å². The highest BCUT2D eigenvalue weighted by Gasteiger charge is 2.60. The van der Waals surface area contributed by atoms with Crippen molar-refractivity contribution in [1.29, 1.82) is 0 Å². The van der Waals surface area contributed by atoms with Crippen molar-refractivity contribution < 1.29 is 33.7 Å². The lowest BCUT2D eigenvalue weighted by atomic mass is 9.57. The van der Waals surface area contributed by atoms with Crippen molar-refractivity contribution in [3.8, 4) is 0 Å². The monoisotopic (exact) mass is 432 g/mol. The molecule has 0 amide bonds. The van der Waals surface area contributed by atoms with E-state index in [4.69, 9.17) is 14.2 Å². The van der Waals surface area contributed by atoms with Crippen LogP contribution in [0.4, 0.5) is 0 Å². The predicted molar refractivity (Wildman–Crippen MR) is 113 cm³/mol. The van der Waals surface area contributed by atoms with E-state index in [-0.39, 0.29) is 29.5 Å². The lowest BCUT2D eigenvalue weighted by Crippen LogP contribution is -2.55. The van der Waals surface area contributed by atoms with Gasteiger partial charge in [-0.15, -0.1) is 0 Å². The van der Waals surface area contributed by atoms with Crippen molar-refractivity contribution in [2.24, 2.45) is 17.3 Å². The van der Waals surface area contributed by atoms with Crippen molar-refractivity contribution in [3.05, 3.63) is 35.5 Å². The highest BCUT2D eigenvalue weighted by Crippen LogP contribution is 2.56. The standard InChI is InChI=1S/C24H32O7/c1-8-12(4)22(27)29-15-9-17(25)24(7)10-16-18(14(6)23(28)30-16)20(19(24)13(15)5)31-21(26)11(2)3/h12,15-18,20,25H,2,6,8-10H2,1,3-5,7H3/t12-,15-,16-,17-,18-,20-,24+/m1/s1. The molecule has 0 spiro atoms. The maximum absolute atomic E-state index is 12.5. The lowest BCUT2D eigenvalue weighted by molar-refractivity contribution is -0.161. The zero-order valence-electron chi connectivity index (χ0n) is 18.9. The van der Waals surface area contributed by atoms with E-state index in [1.807, 2.05) is 20.8 Å². The van der Waals surface area contributed by atoms with Gasteiger partial charge in [0.2, 0.25) is 0 Å². The molecule has 7 nitrogen and oxygen atoms in total. The van der Waals surface area contributed by atoms with Crippen molar-refractivity contribution >= 4 is 17.9 Å². The normalized spacial score (nSPS) is 35.6. The molecule has 7 heteroatoms. The van der Waals surface area contributed by atoms with Gasteiger partial charge in [-0.25, -0.2) is 9.59 Å². The molecule has 2 fully saturated rings. The number of carbonyl (C=O) groups excluding carboxylic acids is 3. The molecule has 2 aliphatic carbocycles. The summed E-state index contributed by atoms with van der Waals surface area (Å²) in [4.78, 5) is 37.2. The van der Waals surface area contributed by atoms with Gasteiger partial charge in [-0.2, -0.15) is 0 Å². The molecule has 1 heterocycles. The summed E-state index contributed by atoms with van der Waals surface area (Å²) < 4.78 is 17.1. The van der Waals surface area contributed by atoms with Crippen LogP contribution in [-0.2, 0) is 28.6 Å². The zero-order chi connectivity index (χ0) is 23.2. The third-order valence-corrected chi connectivity index (χ3v) is 7.11. The highest BCUT2D eigenvalue weighted by molar-refractivity contribution is 5.92. The van der Waals surface area contributed by atoms with Gasteiger partial charge in [0.1, 0.15) is 18.3 Å². The number of fused-ring (bicyclic) bond motifs is 2. The Morgan fingerprint density at radius 3 is 2.58 bits per heavy atom. The fraction of sp³-hybridized carbons (Fsp3) is 0.625. The Morgan fingerprint density at radius 1 is 1.35 bits per heavy atom. The Hall–Kier alpha value is -2.41. The summed E-state index contributed by atoms with van der Waals surface area (Å²) in [6.45, 7) is 16.5. The average Bonchev–Trinajstić information content (AvgIpc) is 2.98. The van der Waals surface area contributed by atoms with Crippen LogP contribution >= 0.6 is 0 Å². The van der Waals surface area contributed by atoms with Crippen LogP contribution in [0.15, 0.2) is 35.5 Å². The summed E-state index contributed by atoms with van der Waals surface area (Å²) in [5.41, 5.74) is 1.04. The molecule has 0 aromatic heterocycles. The topological polar surface area (TPSA) is 99.1 Å². The van der Waals surface area contributed by atoms with Crippen LogP contribution in [0.2, 0.25) is 0 Å². The Balaban J connectivity index is 2.09. The SMILES string of the molecule is C=C(C)C(=O)O[C@H]1C2=C(C)[C@H](OC(=O)[C@H](C)CC)C[C@@H](O)[C@]2(C)C[C@H]2OC(=O)C(=C)[C@H]21. The van der Waals surface area contributed by atoms with Crippen LogP contribution in [0.1, 0.15) is 53.9 Å². The molecule has 1 N–H and O–H groups in total. The summed E-state index contributed by atoms with van der Waals surface area (Å²) in [6, 6.07) is 0. The summed E-state index contributed by atoms with van der Waals surface area (Å²) in [7, 11) is 0. The first-order valence-corrected chi connectivity index (χ1v) is 10.8. The summed E-state index contributed by atoms with van der Waals surface area (Å²) >= 11 is 0. The van der Waals surface area contributed by atoms with E-state index in [0.717, 1.165) is 5.57 Å². The molecule has 31 heavy (non-hydrogen) atoms. The molecule has 0 aromatic rings. The molecular weight excluding hydrogens is 400 g/mol. The molecule has 0 aromatic carbocycles. The van der Waals surface area contributed by atoms with E-state index in [2.05, 4.69) is 13.2 Å².